The molecule has 1 saturated heterocycles. The number of nitrogens with two attached hydrogens (primary N) is 1. The molecule has 3 rings (SSSR count). The van der Waals surface area contributed by atoms with Crippen molar-refractivity contribution in [3.8, 4) is 12.1 Å². The first-order chi connectivity index (χ1) is 14.9. The third-order valence-corrected chi connectivity index (χ3v) is 6.60. The van der Waals surface area contributed by atoms with Crippen molar-refractivity contribution in [3.63, 3.8) is 0 Å². The van der Waals surface area contributed by atoms with Crippen molar-refractivity contribution in [1.82, 2.24) is 4.98 Å². The molecule has 1 unspecified atom stereocenters. The molecule has 4 N–H and O–H groups in total. The number of thioether (sulfide) groups is 1. The van der Waals surface area contributed by atoms with Crippen LogP contribution in [0.2, 0.25) is 0 Å². The van der Waals surface area contributed by atoms with Gasteiger partial charge in [0.15, 0.2) is 0 Å². The third-order valence-electron chi connectivity index (χ3n) is 5.34. The zero-order valence-corrected chi connectivity index (χ0v) is 17.9. The van der Waals surface area contributed by atoms with Crippen LogP contribution in [0.5, 0.6) is 0 Å². The first kappa shape index (κ1) is 22.6. The van der Waals surface area contributed by atoms with Crippen LogP contribution in [0.3, 0.4) is 0 Å². The summed E-state index contributed by atoms with van der Waals surface area (Å²) in [6.07, 6.45) is 0.744. The van der Waals surface area contributed by atoms with E-state index in [-0.39, 0.29) is 17.7 Å². The Balaban J connectivity index is 2.13. The monoisotopic (exact) mass is 437 g/mol. The normalized spacial score (nSPS) is 18.9. The molecule has 2 atom stereocenters. The van der Waals surface area contributed by atoms with Crippen molar-refractivity contribution < 1.29 is 15.0 Å². The average Bonchev–Trinajstić information content (AvgIpc) is 3.19. The number of carbonyl (C=O) groups is 1. The summed E-state index contributed by atoms with van der Waals surface area (Å²) < 4.78 is 0. The highest BCUT2D eigenvalue weighted by Crippen LogP contribution is 2.40. The van der Waals surface area contributed by atoms with Crippen LogP contribution in [0.4, 0.5) is 5.82 Å². The Kier molecular flexibility index (Phi) is 6.81. The number of aromatic nitrogens is 1. The summed E-state index contributed by atoms with van der Waals surface area (Å²) >= 11 is 1.07. The molecule has 1 aromatic heterocycles. The summed E-state index contributed by atoms with van der Waals surface area (Å²) in [5, 5.41) is 39.1. The van der Waals surface area contributed by atoms with Gasteiger partial charge in [-0.25, -0.2) is 4.98 Å². The van der Waals surface area contributed by atoms with E-state index >= 15 is 0 Å². The van der Waals surface area contributed by atoms with Gasteiger partial charge in [0.1, 0.15) is 33.8 Å². The van der Waals surface area contributed by atoms with Crippen LogP contribution in [0, 0.1) is 22.7 Å². The van der Waals surface area contributed by atoms with Gasteiger partial charge in [-0.05, 0) is 24.0 Å². The predicted octanol–water partition coefficient (Wildman–Crippen LogP) is 1.64. The molecule has 0 bridgehead atoms. The lowest BCUT2D eigenvalue weighted by atomic mass is 10.0. The molecule has 0 spiro atoms. The Bertz CT molecular complexity index is 1060. The van der Waals surface area contributed by atoms with Crippen molar-refractivity contribution in [1.29, 1.82) is 10.5 Å². The molecular weight excluding hydrogens is 414 g/mol. The number of hydrogen-bond acceptors (Lipinski definition) is 8. The van der Waals surface area contributed by atoms with Crippen LogP contribution in [0.1, 0.15) is 40.8 Å². The molecule has 1 fully saturated rings. The van der Waals surface area contributed by atoms with Crippen LogP contribution in [-0.2, 0) is 11.2 Å². The Hall–Kier alpha value is -3.11. The molecule has 31 heavy (non-hydrogen) atoms. The number of primary amides is 1. The lowest BCUT2D eigenvalue weighted by molar-refractivity contribution is -0.117. The number of β-amino-alcohol motifs (C(OH)–C–C–N with tert-alkyl or cyclic N) is 1. The molecule has 1 amide bonds. The van der Waals surface area contributed by atoms with Gasteiger partial charge >= 0.3 is 0 Å². The number of rotatable bonds is 7. The van der Waals surface area contributed by atoms with E-state index in [1.165, 1.54) is 0 Å². The minimum absolute atomic E-state index is 0.113. The van der Waals surface area contributed by atoms with Crippen molar-refractivity contribution in [2.75, 3.05) is 24.6 Å². The molecule has 9 heteroatoms. The summed E-state index contributed by atoms with van der Waals surface area (Å²) in [6.45, 7) is 1.95. The highest BCUT2D eigenvalue weighted by molar-refractivity contribution is 8.00. The van der Waals surface area contributed by atoms with E-state index in [4.69, 9.17) is 5.73 Å². The molecular formula is C22H23N5O3S. The van der Waals surface area contributed by atoms with Gasteiger partial charge in [0.2, 0.25) is 5.91 Å². The second-order valence-electron chi connectivity index (χ2n) is 7.41. The minimum atomic E-state index is -1.28. The van der Waals surface area contributed by atoms with E-state index in [2.05, 4.69) is 17.1 Å². The van der Waals surface area contributed by atoms with Gasteiger partial charge in [0.05, 0.1) is 24.3 Å². The molecule has 1 aromatic carbocycles. The number of aliphatic hydroxyl groups excluding tert-OH is 1. The number of nitrogens with zero attached hydrogens (tertiary/aromatic N) is 4. The Morgan fingerprint density at radius 1 is 1.32 bits per heavy atom. The second-order valence-corrected chi connectivity index (χ2v) is 8.51. The first-order valence-electron chi connectivity index (χ1n) is 9.83. The lowest BCUT2D eigenvalue weighted by Gasteiger charge is -2.24. The summed E-state index contributed by atoms with van der Waals surface area (Å²) in [5.74, 6) is -0.233. The molecule has 0 radical (unpaired) electrons. The fourth-order valence-corrected chi connectivity index (χ4v) is 4.75. The fraction of sp³-hybridized carbons (Fsp3) is 0.364. The van der Waals surface area contributed by atoms with Gasteiger partial charge in [-0.2, -0.15) is 10.5 Å². The second kappa shape index (κ2) is 9.36. The SMILES string of the molecule is CCc1c(C#N)c(SC(C(N)=O)c2ccccc2)nc(N2CC[C@](O)(CO)C2)c1C#N. The Morgan fingerprint density at radius 3 is 2.52 bits per heavy atom. The largest absolute Gasteiger partial charge is 0.393 e. The number of nitriles is 2. The Morgan fingerprint density at radius 2 is 2.00 bits per heavy atom. The van der Waals surface area contributed by atoms with Crippen LogP contribution < -0.4 is 10.6 Å². The number of amides is 1. The topological polar surface area (TPSA) is 147 Å². The van der Waals surface area contributed by atoms with Gasteiger partial charge in [-0.3, -0.25) is 4.79 Å². The smallest absolute Gasteiger partial charge is 0.235 e. The molecule has 160 valence electrons. The molecule has 2 aromatic rings. The number of hydrogen-bond donors (Lipinski definition) is 3. The van der Waals surface area contributed by atoms with Gasteiger partial charge in [-0.15, -0.1) is 0 Å². The van der Waals surface area contributed by atoms with Gasteiger partial charge in [0.25, 0.3) is 0 Å². The number of pyridine rings is 1. The van der Waals surface area contributed by atoms with Crippen LogP contribution in [-0.4, -0.2) is 46.4 Å². The first-order valence-corrected chi connectivity index (χ1v) is 10.7. The maximum atomic E-state index is 12.2. The van der Waals surface area contributed by atoms with Crippen molar-refractivity contribution in [2.24, 2.45) is 5.73 Å². The maximum Gasteiger partial charge on any atom is 0.235 e. The van der Waals surface area contributed by atoms with Crippen molar-refractivity contribution >= 4 is 23.5 Å². The summed E-state index contributed by atoms with van der Waals surface area (Å²) in [7, 11) is 0. The van der Waals surface area contributed by atoms with E-state index < -0.39 is 23.4 Å². The van der Waals surface area contributed by atoms with E-state index in [9.17, 15) is 25.5 Å². The summed E-state index contributed by atoms with van der Waals surface area (Å²) in [4.78, 5) is 18.5. The maximum absolute atomic E-state index is 12.2. The Labute approximate surface area is 184 Å². The molecule has 8 nitrogen and oxygen atoms in total. The van der Waals surface area contributed by atoms with Gasteiger partial charge in [0, 0.05) is 6.54 Å². The number of aliphatic hydroxyl groups is 2. The molecule has 0 saturated carbocycles. The van der Waals surface area contributed by atoms with Gasteiger partial charge < -0.3 is 20.8 Å². The van der Waals surface area contributed by atoms with E-state index in [0.29, 0.717) is 41.4 Å². The fourth-order valence-electron chi connectivity index (χ4n) is 3.69. The van der Waals surface area contributed by atoms with Crippen LogP contribution >= 0.6 is 11.8 Å². The van der Waals surface area contributed by atoms with Crippen molar-refractivity contribution in [2.45, 2.75) is 35.6 Å². The van der Waals surface area contributed by atoms with E-state index in [1.54, 1.807) is 29.2 Å². The summed E-state index contributed by atoms with van der Waals surface area (Å²) in [6, 6.07) is 13.3. The highest BCUT2D eigenvalue weighted by Gasteiger charge is 2.38. The zero-order valence-electron chi connectivity index (χ0n) is 17.1. The molecule has 1 aliphatic heterocycles. The van der Waals surface area contributed by atoms with Crippen molar-refractivity contribution in [3.05, 3.63) is 52.6 Å². The quantitative estimate of drug-likeness (QED) is 0.554. The standard InChI is InChI=1S/C22H23N5O3S/c1-2-15-16(10-23)20(27-9-8-22(30,12-27)13-28)26-21(17(15)11-24)31-18(19(25)29)14-6-4-3-5-7-14/h3-7,18,28,30H,2,8-9,12-13H2,1H3,(H2,25,29)/t18?,22-/m1/s1. The number of carbonyl (C=O) groups excluding carboxylic acids is 1. The highest BCUT2D eigenvalue weighted by atomic mass is 32.2. The lowest BCUT2D eigenvalue weighted by Crippen LogP contribution is -2.37. The predicted molar refractivity (Wildman–Crippen MR) is 116 cm³/mol. The van der Waals surface area contributed by atoms with E-state index in [1.807, 2.05) is 13.0 Å². The minimum Gasteiger partial charge on any atom is -0.393 e. The molecule has 0 aliphatic carbocycles. The van der Waals surface area contributed by atoms with Crippen LogP contribution in [0.15, 0.2) is 35.4 Å². The van der Waals surface area contributed by atoms with Crippen LogP contribution in [0.25, 0.3) is 0 Å². The molecule has 2 heterocycles. The van der Waals surface area contributed by atoms with E-state index in [0.717, 1.165) is 11.8 Å². The summed E-state index contributed by atoms with van der Waals surface area (Å²) in [5.41, 5.74) is 6.11. The zero-order chi connectivity index (χ0) is 22.6. The molecule has 1 aliphatic rings. The third kappa shape index (κ3) is 4.49. The number of benzene rings is 1. The average molecular weight is 438 g/mol. The van der Waals surface area contributed by atoms with Gasteiger partial charge in [-0.1, -0.05) is 49.0 Å². The number of anilines is 1.